The summed E-state index contributed by atoms with van der Waals surface area (Å²) in [6, 6.07) is 0. The van der Waals surface area contributed by atoms with E-state index in [0.29, 0.717) is 0 Å². The second-order valence-corrected chi connectivity index (χ2v) is 10.5. The maximum Gasteiger partial charge on any atom is 0.209 e. The van der Waals surface area contributed by atoms with Crippen LogP contribution in [0.25, 0.3) is 0 Å². The molecule has 5 nitrogen and oxygen atoms in total. The van der Waals surface area contributed by atoms with Crippen molar-refractivity contribution in [1.82, 2.24) is 0 Å². The van der Waals surface area contributed by atoms with Gasteiger partial charge in [-0.15, -0.1) is 0 Å². The molecular formula is C30H55N3O2. The Kier molecular flexibility index (Phi) is 18.7. The van der Waals surface area contributed by atoms with Crippen LogP contribution in [0.15, 0.2) is 29.5 Å². The first-order valence-electron chi connectivity index (χ1n) is 14.8. The number of rotatable bonds is 24. The van der Waals surface area contributed by atoms with Gasteiger partial charge in [-0.2, -0.15) is 0 Å². The van der Waals surface area contributed by atoms with Crippen molar-refractivity contribution < 1.29 is 14.4 Å². The van der Waals surface area contributed by atoms with Gasteiger partial charge in [0.1, 0.15) is 18.9 Å². The van der Waals surface area contributed by atoms with E-state index in [4.69, 9.17) is 5.73 Å². The van der Waals surface area contributed by atoms with Gasteiger partial charge in [0.2, 0.25) is 5.84 Å². The van der Waals surface area contributed by atoms with Crippen molar-refractivity contribution in [2.75, 3.05) is 6.54 Å². The molecule has 0 spiro atoms. The van der Waals surface area contributed by atoms with Gasteiger partial charge < -0.3 is 9.90 Å². The minimum atomic E-state index is -1.08. The van der Waals surface area contributed by atoms with Gasteiger partial charge in [-0.1, -0.05) is 115 Å². The number of carbonyl (C=O) groups is 1. The molecule has 1 rings (SSSR count). The highest BCUT2D eigenvalue weighted by Gasteiger charge is 2.38. The van der Waals surface area contributed by atoms with Crippen molar-refractivity contribution in [3.63, 3.8) is 0 Å². The normalized spacial score (nSPS) is 18.4. The number of aliphatic imine (C=N–C) groups is 1. The molecule has 2 N–H and O–H groups in total. The first kappa shape index (κ1) is 31.6. The Morgan fingerprint density at radius 2 is 1.31 bits per heavy atom. The molecule has 1 aliphatic heterocycles. The SMILES string of the molecule is CC/C=C/CCCCCCCCCCCCCCCCCCCC1=NC=C[N+]1(CC(=O)[O-])C(C)N. The summed E-state index contributed by atoms with van der Waals surface area (Å²) < 4.78 is 0.111. The molecule has 0 aliphatic carbocycles. The van der Waals surface area contributed by atoms with Gasteiger partial charge in [-0.05, 0) is 25.7 Å². The average molecular weight is 490 g/mol. The maximum atomic E-state index is 11.2. The zero-order chi connectivity index (χ0) is 25.6. The quantitative estimate of drug-likeness (QED) is 0.0890. The Bertz CT molecular complexity index is 627. The maximum absolute atomic E-state index is 11.2. The molecule has 0 aromatic rings. The van der Waals surface area contributed by atoms with Crippen LogP contribution in [0.3, 0.4) is 0 Å². The second-order valence-electron chi connectivity index (χ2n) is 10.5. The molecule has 0 saturated carbocycles. The standard InChI is InChI=1S/C30H55N3O2/c1-3-4-5-6-7-8-9-10-11-12-13-14-15-16-17-18-19-20-21-22-23-24-29-32-25-26-33(29,28(2)31)27-30(34)35/h4-5,25-26,28H,3,6-24,27,31H2,1-2H3/b5-4+. The number of hydrogen-bond acceptors (Lipinski definition) is 4. The number of allylic oxidation sites excluding steroid dienone is 2. The molecule has 35 heavy (non-hydrogen) atoms. The molecule has 0 aromatic heterocycles. The highest BCUT2D eigenvalue weighted by molar-refractivity contribution is 5.81. The number of carboxylic acids is 1. The molecule has 0 fully saturated rings. The number of nitrogens with zero attached hydrogens (tertiary/aromatic N) is 2. The lowest BCUT2D eigenvalue weighted by Crippen LogP contribution is -2.60. The lowest BCUT2D eigenvalue weighted by molar-refractivity contribution is -0.808. The third-order valence-corrected chi connectivity index (χ3v) is 7.33. The zero-order valence-electron chi connectivity index (χ0n) is 23.0. The largest absolute Gasteiger partial charge is 0.544 e. The average Bonchev–Trinajstić information content (AvgIpc) is 3.23. The van der Waals surface area contributed by atoms with Crippen LogP contribution in [0.4, 0.5) is 0 Å². The molecule has 0 bridgehead atoms. The fraction of sp³-hybridized carbons (Fsp3) is 0.800. The summed E-state index contributed by atoms with van der Waals surface area (Å²) in [6.07, 6.45) is 33.9. The van der Waals surface area contributed by atoms with E-state index in [1.165, 1.54) is 116 Å². The van der Waals surface area contributed by atoms with Crippen LogP contribution in [0, 0.1) is 0 Å². The fourth-order valence-corrected chi connectivity index (χ4v) is 5.06. The molecule has 0 saturated heterocycles. The predicted molar refractivity (Wildman–Crippen MR) is 148 cm³/mol. The van der Waals surface area contributed by atoms with Gasteiger partial charge in [0.25, 0.3) is 0 Å². The number of carbonyl (C=O) groups excluding carboxylic acids is 1. The van der Waals surface area contributed by atoms with Crippen molar-refractivity contribution in [2.24, 2.45) is 10.7 Å². The molecule has 5 heteroatoms. The Balaban J connectivity index is 1.87. The smallest absolute Gasteiger partial charge is 0.209 e. The minimum absolute atomic E-state index is 0.111. The van der Waals surface area contributed by atoms with Crippen LogP contribution in [0.2, 0.25) is 0 Å². The number of nitrogens with two attached hydrogens (primary N) is 1. The molecule has 202 valence electrons. The number of aliphatic carboxylic acids is 1. The molecule has 1 heterocycles. The Hall–Kier alpha value is -1.46. The number of quaternary nitrogens is 1. The summed E-state index contributed by atoms with van der Waals surface area (Å²) in [5.74, 6) is -0.224. The predicted octanol–water partition coefficient (Wildman–Crippen LogP) is 7.12. The number of unbranched alkanes of at least 4 members (excludes halogenated alkanes) is 17. The van der Waals surface area contributed by atoms with Gasteiger partial charge >= 0.3 is 0 Å². The summed E-state index contributed by atoms with van der Waals surface area (Å²) in [4.78, 5) is 15.6. The van der Waals surface area contributed by atoms with Gasteiger partial charge in [0.05, 0.1) is 12.2 Å². The van der Waals surface area contributed by atoms with Gasteiger partial charge in [-0.25, -0.2) is 9.48 Å². The van der Waals surface area contributed by atoms with Crippen molar-refractivity contribution >= 4 is 11.8 Å². The second kappa shape index (κ2) is 20.7. The van der Waals surface area contributed by atoms with Crippen LogP contribution in [0.1, 0.15) is 142 Å². The summed E-state index contributed by atoms with van der Waals surface area (Å²) in [6.45, 7) is 3.90. The number of amidine groups is 1. The molecule has 0 radical (unpaired) electrons. The van der Waals surface area contributed by atoms with Gasteiger partial charge in [0.15, 0.2) is 0 Å². The summed E-state index contributed by atoms with van der Waals surface area (Å²) in [7, 11) is 0. The van der Waals surface area contributed by atoms with Gasteiger partial charge in [-0.3, -0.25) is 5.73 Å². The van der Waals surface area contributed by atoms with Crippen LogP contribution in [-0.4, -0.2) is 29.0 Å². The summed E-state index contributed by atoms with van der Waals surface area (Å²) in [5, 5.41) is 11.2. The first-order chi connectivity index (χ1) is 17.0. The topological polar surface area (TPSA) is 78.5 Å². The van der Waals surface area contributed by atoms with E-state index in [9.17, 15) is 9.90 Å². The van der Waals surface area contributed by atoms with E-state index in [1.54, 1.807) is 12.4 Å². The molecule has 2 unspecified atom stereocenters. The Morgan fingerprint density at radius 1 is 0.857 bits per heavy atom. The zero-order valence-corrected chi connectivity index (χ0v) is 23.0. The monoisotopic (exact) mass is 489 g/mol. The van der Waals surface area contributed by atoms with Crippen LogP contribution < -0.4 is 10.8 Å². The van der Waals surface area contributed by atoms with Gasteiger partial charge in [0, 0.05) is 13.3 Å². The lowest BCUT2D eigenvalue weighted by atomic mass is 10.0. The van der Waals surface area contributed by atoms with Crippen molar-refractivity contribution in [1.29, 1.82) is 0 Å². The van der Waals surface area contributed by atoms with Crippen LogP contribution >= 0.6 is 0 Å². The number of hydrogen-bond donors (Lipinski definition) is 1. The minimum Gasteiger partial charge on any atom is -0.544 e. The summed E-state index contributed by atoms with van der Waals surface area (Å²) >= 11 is 0. The fourth-order valence-electron chi connectivity index (χ4n) is 5.06. The highest BCUT2D eigenvalue weighted by atomic mass is 16.4. The molecule has 1 aliphatic rings. The Labute approximate surface area is 216 Å². The van der Waals surface area contributed by atoms with E-state index in [1.807, 2.05) is 6.92 Å². The number of carboxylic acid groups (broad SMARTS) is 1. The third-order valence-electron chi connectivity index (χ3n) is 7.33. The van der Waals surface area contributed by atoms with Crippen LogP contribution in [0.5, 0.6) is 0 Å². The molecule has 2 atom stereocenters. The van der Waals surface area contributed by atoms with E-state index in [2.05, 4.69) is 24.1 Å². The van der Waals surface area contributed by atoms with Crippen molar-refractivity contribution in [3.05, 3.63) is 24.6 Å². The molecular weight excluding hydrogens is 434 g/mol. The molecule has 0 aromatic carbocycles. The van der Waals surface area contributed by atoms with E-state index in [-0.39, 0.29) is 17.2 Å². The van der Waals surface area contributed by atoms with E-state index in [0.717, 1.165) is 18.7 Å². The van der Waals surface area contributed by atoms with Crippen LogP contribution in [-0.2, 0) is 4.79 Å². The van der Waals surface area contributed by atoms with Crippen molar-refractivity contribution in [3.8, 4) is 0 Å². The first-order valence-corrected chi connectivity index (χ1v) is 14.8. The highest BCUT2D eigenvalue weighted by Crippen LogP contribution is 2.23. The third kappa shape index (κ3) is 14.6. The Morgan fingerprint density at radius 3 is 1.74 bits per heavy atom. The van der Waals surface area contributed by atoms with Crippen molar-refractivity contribution in [2.45, 2.75) is 148 Å². The summed E-state index contributed by atoms with van der Waals surface area (Å²) in [5.41, 5.74) is 6.10. The molecule has 0 amide bonds. The van der Waals surface area contributed by atoms with E-state index >= 15 is 0 Å². The van der Waals surface area contributed by atoms with E-state index < -0.39 is 5.97 Å². The lowest BCUT2D eigenvalue weighted by Gasteiger charge is -2.36.